The van der Waals surface area contributed by atoms with Gasteiger partial charge in [0.2, 0.25) is 0 Å². The third-order valence-electron chi connectivity index (χ3n) is 3.16. The number of nitro groups is 1. The van der Waals surface area contributed by atoms with Crippen molar-refractivity contribution in [2.75, 3.05) is 11.5 Å². The molecule has 0 aromatic heterocycles. The Morgan fingerprint density at radius 1 is 1.52 bits per heavy atom. The summed E-state index contributed by atoms with van der Waals surface area (Å²) in [5.41, 5.74) is 0.435. The van der Waals surface area contributed by atoms with Crippen LogP contribution in [0.3, 0.4) is 0 Å². The van der Waals surface area contributed by atoms with E-state index in [1.807, 2.05) is 0 Å². The predicted molar refractivity (Wildman–Crippen MR) is 76.4 cm³/mol. The summed E-state index contributed by atoms with van der Waals surface area (Å²) >= 11 is 0. The fourth-order valence-corrected chi connectivity index (χ4v) is 2.31. The van der Waals surface area contributed by atoms with Crippen molar-refractivity contribution in [2.24, 2.45) is 0 Å². The average molecular weight is 294 g/mol. The molecule has 0 aliphatic carbocycles. The number of nitro benzene ring substituents is 1. The van der Waals surface area contributed by atoms with E-state index in [-0.39, 0.29) is 12.3 Å². The molecule has 1 N–H and O–H groups in total. The third-order valence-corrected chi connectivity index (χ3v) is 3.16. The number of hydrogen-bond acceptors (Lipinski definition) is 5. The van der Waals surface area contributed by atoms with Gasteiger partial charge in [-0.05, 0) is 32.8 Å². The molecule has 0 radical (unpaired) electrons. The highest BCUT2D eigenvalue weighted by molar-refractivity contribution is 5.92. The molecule has 1 aromatic carbocycles. The lowest BCUT2D eigenvalue weighted by Crippen LogP contribution is -2.43. The number of rotatable bonds is 2. The molecule has 0 spiro atoms. The molecule has 1 amide bonds. The van der Waals surface area contributed by atoms with E-state index in [1.54, 1.807) is 26.8 Å². The summed E-state index contributed by atoms with van der Waals surface area (Å²) in [7, 11) is 0. The highest BCUT2D eigenvalue weighted by Crippen LogP contribution is 2.36. The quantitative estimate of drug-likeness (QED) is 0.667. The van der Waals surface area contributed by atoms with Crippen LogP contribution < -0.4 is 4.90 Å². The Labute approximate surface area is 122 Å². The highest BCUT2D eigenvalue weighted by Gasteiger charge is 2.37. The molecule has 0 bridgehead atoms. The molecule has 7 heteroatoms. The van der Waals surface area contributed by atoms with Crippen molar-refractivity contribution < 1.29 is 19.6 Å². The van der Waals surface area contributed by atoms with E-state index in [0.717, 1.165) is 5.56 Å². The fourth-order valence-electron chi connectivity index (χ4n) is 2.31. The van der Waals surface area contributed by atoms with Gasteiger partial charge in [0.1, 0.15) is 5.60 Å². The van der Waals surface area contributed by atoms with Gasteiger partial charge in [0, 0.05) is 12.1 Å². The number of nitrogens with zero attached hydrogens (tertiary/aromatic N) is 2. The minimum atomic E-state index is -0.680. The van der Waals surface area contributed by atoms with Crippen LogP contribution in [0.4, 0.5) is 16.2 Å². The van der Waals surface area contributed by atoms with Crippen molar-refractivity contribution in [1.29, 1.82) is 0 Å². The van der Waals surface area contributed by atoms with Gasteiger partial charge < -0.3 is 9.84 Å². The molecule has 2 rings (SSSR count). The molecular weight excluding hydrogens is 276 g/mol. The molecule has 1 atom stereocenters. The second-order valence-electron chi connectivity index (χ2n) is 5.96. The second kappa shape index (κ2) is 5.33. The summed E-state index contributed by atoms with van der Waals surface area (Å²) in [6, 6.07) is 3.89. The first-order valence-corrected chi connectivity index (χ1v) is 6.63. The van der Waals surface area contributed by atoms with Crippen molar-refractivity contribution in [2.45, 2.75) is 38.8 Å². The summed E-state index contributed by atoms with van der Waals surface area (Å²) in [6.07, 6.45) is -0.163. The molecule has 21 heavy (non-hydrogen) atoms. The van der Waals surface area contributed by atoms with E-state index in [2.05, 4.69) is 0 Å². The number of fused-ring (bicyclic) bond motifs is 1. The number of carbonyl (C=O) groups is 1. The number of anilines is 1. The number of ether oxygens (including phenoxy) is 1. The van der Waals surface area contributed by atoms with Crippen LogP contribution in [0.1, 0.15) is 26.3 Å². The van der Waals surface area contributed by atoms with Crippen molar-refractivity contribution in [1.82, 2.24) is 0 Å². The smallest absolute Gasteiger partial charge is 0.415 e. The molecule has 0 saturated heterocycles. The van der Waals surface area contributed by atoms with Gasteiger partial charge >= 0.3 is 6.09 Å². The average Bonchev–Trinajstić information content (AvgIpc) is 2.73. The standard InChI is InChI=1S/C14H18N2O5/c1-14(2,3)21-13(18)15-11(8-17)6-9-4-5-10(16(19)20)7-12(9)15/h4-5,7,11,17H,6,8H2,1-3H3. The lowest BCUT2D eigenvalue weighted by atomic mass is 10.1. The Morgan fingerprint density at radius 2 is 2.19 bits per heavy atom. The van der Waals surface area contributed by atoms with Gasteiger partial charge in [-0.25, -0.2) is 4.79 Å². The predicted octanol–water partition coefficient (Wildman–Crippen LogP) is 2.25. The summed E-state index contributed by atoms with van der Waals surface area (Å²) in [6.45, 7) is 4.98. The monoisotopic (exact) mass is 294 g/mol. The minimum Gasteiger partial charge on any atom is -0.443 e. The molecule has 1 aromatic rings. The first kappa shape index (κ1) is 15.2. The number of aliphatic hydroxyl groups excluding tert-OH is 1. The molecule has 114 valence electrons. The number of carbonyl (C=O) groups excluding carboxylic acids is 1. The fraction of sp³-hybridized carbons (Fsp3) is 0.500. The van der Waals surface area contributed by atoms with Crippen molar-refractivity contribution in [3.63, 3.8) is 0 Å². The van der Waals surface area contributed by atoms with E-state index >= 15 is 0 Å². The van der Waals surface area contributed by atoms with Gasteiger partial charge in [0.25, 0.3) is 5.69 Å². The van der Waals surface area contributed by atoms with Gasteiger partial charge in [-0.2, -0.15) is 0 Å². The summed E-state index contributed by atoms with van der Waals surface area (Å²) < 4.78 is 5.32. The molecule has 7 nitrogen and oxygen atoms in total. The Morgan fingerprint density at radius 3 is 2.71 bits per heavy atom. The van der Waals surface area contributed by atoms with Gasteiger partial charge in [0.05, 0.1) is 23.3 Å². The topological polar surface area (TPSA) is 92.9 Å². The Balaban J connectivity index is 2.38. The van der Waals surface area contributed by atoms with E-state index in [9.17, 15) is 20.0 Å². The van der Waals surface area contributed by atoms with E-state index in [1.165, 1.54) is 17.0 Å². The Hall–Kier alpha value is -2.15. The van der Waals surface area contributed by atoms with Crippen LogP contribution in [0.15, 0.2) is 18.2 Å². The lowest BCUT2D eigenvalue weighted by Gasteiger charge is -2.28. The summed E-state index contributed by atoms with van der Waals surface area (Å²) in [5.74, 6) is 0. The van der Waals surface area contributed by atoms with Crippen LogP contribution in [0.5, 0.6) is 0 Å². The highest BCUT2D eigenvalue weighted by atomic mass is 16.6. The van der Waals surface area contributed by atoms with Crippen molar-refractivity contribution >= 4 is 17.5 Å². The maximum absolute atomic E-state index is 12.3. The lowest BCUT2D eigenvalue weighted by molar-refractivity contribution is -0.384. The first-order valence-electron chi connectivity index (χ1n) is 6.63. The van der Waals surface area contributed by atoms with Gasteiger partial charge in [-0.1, -0.05) is 6.07 Å². The van der Waals surface area contributed by atoms with Crippen molar-refractivity contribution in [3.8, 4) is 0 Å². The van der Waals surface area contributed by atoms with Crippen molar-refractivity contribution in [3.05, 3.63) is 33.9 Å². The molecule has 1 heterocycles. The Kier molecular flexibility index (Phi) is 3.87. The minimum absolute atomic E-state index is 0.0964. The number of benzene rings is 1. The Bertz CT molecular complexity index is 579. The first-order chi connectivity index (χ1) is 9.73. The summed E-state index contributed by atoms with van der Waals surface area (Å²) in [4.78, 5) is 24.0. The number of aliphatic hydroxyl groups is 1. The van der Waals surface area contributed by atoms with E-state index < -0.39 is 22.7 Å². The molecule has 1 aliphatic heterocycles. The third kappa shape index (κ3) is 3.13. The zero-order chi connectivity index (χ0) is 15.8. The number of amides is 1. The van der Waals surface area contributed by atoms with Crippen LogP contribution in [-0.4, -0.2) is 34.4 Å². The van der Waals surface area contributed by atoms with Crippen LogP contribution >= 0.6 is 0 Å². The van der Waals surface area contributed by atoms with Crippen LogP contribution in [0, 0.1) is 10.1 Å². The van der Waals surface area contributed by atoms with Gasteiger partial charge in [-0.15, -0.1) is 0 Å². The van der Waals surface area contributed by atoms with Crippen LogP contribution in [0.2, 0.25) is 0 Å². The van der Waals surface area contributed by atoms with Crippen LogP contribution in [-0.2, 0) is 11.2 Å². The zero-order valence-corrected chi connectivity index (χ0v) is 12.2. The van der Waals surface area contributed by atoms with Crippen LogP contribution in [0.25, 0.3) is 0 Å². The zero-order valence-electron chi connectivity index (χ0n) is 12.2. The number of non-ortho nitro benzene ring substituents is 1. The largest absolute Gasteiger partial charge is 0.443 e. The molecule has 0 saturated carbocycles. The summed E-state index contributed by atoms with van der Waals surface area (Å²) in [5, 5.41) is 20.3. The van der Waals surface area contributed by atoms with E-state index in [4.69, 9.17) is 4.74 Å². The molecule has 0 fully saturated rings. The number of hydrogen-bond donors (Lipinski definition) is 1. The SMILES string of the molecule is CC(C)(C)OC(=O)N1c2cc([N+](=O)[O-])ccc2CC1CO. The molecular formula is C14H18N2O5. The second-order valence-corrected chi connectivity index (χ2v) is 5.96. The van der Waals surface area contributed by atoms with E-state index in [0.29, 0.717) is 12.1 Å². The molecule has 1 unspecified atom stereocenters. The maximum Gasteiger partial charge on any atom is 0.415 e. The maximum atomic E-state index is 12.3. The molecule has 1 aliphatic rings. The van der Waals surface area contributed by atoms with Gasteiger partial charge in [-0.3, -0.25) is 15.0 Å². The normalized spacial score (nSPS) is 17.5. The van der Waals surface area contributed by atoms with Gasteiger partial charge in [0.15, 0.2) is 0 Å².